The van der Waals surface area contributed by atoms with Crippen molar-refractivity contribution in [2.45, 2.75) is 33.2 Å². The summed E-state index contributed by atoms with van der Waals surface area (Å²) < 4.78 is 1.96. The predicted molar refractivity (Wildman–Crippen MR) is 72.1 cm³/mol. The van der Waals surface area contributed by atoms with E-state index >= 15 is 0 Å². The first-order valence-electron chi connectivity index (χ1n) is 5.87. The third kappa shape index (κ3) is 1.87. The highest BCUT2D eigenvalue weighted by Crippen LogP contribution is 2.31. The zero-order valence-corrected chi connectivity index (χ0v) is 11.1. The summed E-state index contributed by atoms with van der Waals surface area (Å²) in [6.07, 6.45) is 0.848. The van der Waals surface area contributed by atoms with Crippen LogP contribution in [0.1, 0.15) is 42.6 Å². The van der Waals surface area contributed by atoms with Crippen LogP contribution < -0.4 is 0 Å². The second-order valence-corrected chi connectivity index (χ2v) is 4.86. The fraction of sp³-hybridized carbons (Fsp3) is 0.357. The van der Waals surface area contributed by atoms with Gasteiger partial charge in [-0.3, -0.25) is 4.79 Å². The third-order valence-corrected chi connectivity index (χ3v) is 3.57. The van der Waals surface area contributed by atoms with Gasteiger partial charge in [0, 0.05) is 17.4 Å². The van der Waals surface area contributed by atoms with E-state index in [1.165, 1.54) is 5.56 Å². The summed E-state index contributed by atoms with van der Waals surface area (Å²) in [5.74, 6) is 0.447. The summed E-state index contributed by atoms with van der Waals surface area (Å²) in [5, 5.41) is 1.50. The Morgan fingerprint density at radius 1 is 1.41 bits per heavy atom. The zero-order valence-electron chi connectivity index (χ0n) is 10.3. The van der Waals surface area contributed by atoms with Gasteiger partial charge in [-0.25, -0.2) is 0 Å². The van der Waals surface area contributed by atoms with Gasteiger partial charge in [-0.15, -0.1) is 0 Å². The Morgan fingerprint density at radius 2 is 2.12 bits per heavy atom. The minimum absolute atomic E-state index is 0.447. The van der Waals surface area contributed by atoms with Crippen molar-refractivity contribution in [2.24, 2.45) is 0 Å². The summed E-state index contributed by atoms with van der Waals surface area (Å²) in [6.45, 7) is 7.07. The average molecular weight is 250 g/mol. The first-order chi connectivity index (χ1) is 8.10. The second kappa shape index (κ2) is 4.53. The standard InChI is InChI=1S/C14H16ClNO/c1-4-16-13-6-5-10(9(2)3)7-11(13)12(8-17)14(16)15/h5-9H,4H2,1-3H3. The van der Waals surface area contributed by atoms with E-state index in [-0.39, 0.29) is 0 Å². The van der Waals surface area contributed by atoms with Crippen molar-refractivity contribution in [3.63, 3.8) is 0 Å². The molecule has 0 aliphatic rings. The lowest BCUT2D eigenvalue weighted by molar-refractivity contribution is 0.112. The van der Waals surface area contributed by atoms with Gasteiger partial charge in [-0.1, -0.05) is 31.5 Å². The Labute approximate surface area is 106 Å². The summed E-state index contributed by atoms with van der Waals surface area (Å²) >= 11 is 6.22. The van der Waals surface area contributed by atoms with Crippen molar-refractivity contribution in [3.8, 4) is 0 Å². The van der Waals surface area contributed by atoms with Crippen LogP contribution in [-0.4, -0.2) is 10.9 Å². The van der Waals surface area contributed by atoms with Gasteiger partial charge in [-0.05, 0) is 30.5 Å². The van der Waals surface area contributed by atoms with E-state index in [4.69, 9.17) is 11.6 Å². The molecule has 0 radical (unpaired) electrons. The molecule has 0 saturated heterocycles. The monoisotopic (exact) mass is 249 g/mol. The van der Waals surface area contributed by atoms with Crippen molar-refractivity contribution >= 4 is 28.8 Å². The molecule has 1 aromatic carbocycles. The summed E-state index contributed by atoms with van der Waals surface area (Å²) in [5.41, 5.74) is 2.86. The molecule has 0 atom stereocenters. The Bertz CT molecular complexity index is 569. The molecule has 90 valence electrons. The molecule has 2 nitrogen and oxygen atoms in total. The lowest BCUT2D eigenvalue weighted by Gasteiger charge is -2.06. The minimum Gasteiger partial charge on any atom is -0.331 e. The van der Waals surface area contributed by atoms with E-state index in [1.54, 1.807) is 0 Å². The van der Waals surface area contributed by atoms with Crippen LogP contribution in [0.3, 0.4) is 0 Å². The summed E-state index contributed by atoms with van der Waals surface area (Å²) in [4.78, 5) is 11.2. The number of nitrogens with zero attached hydrogens (tertiary/aromatic N) is 1. The SMILES string of the molecule is CCn1c(Cl)c(C=O)c2cc(C(C)C)ccc21. The van der Waals surface area contributed by atoms with Crippen LogP contribution >= 0.6 is 11.6 Å². The minimum atomic E-state index is 0.447. The van der Waals surface area contributed by atoms with Crippen LogP contribution in [0.2, 0.25) is 5.15 Å². The molecule has 2 aromatic rings. The molecule has 0 fully saturated rings. The highest BCUT2D eigenvalue weighted by molar-refractivity contribution is 6.34. The van der Waals surface area contributed by atoms with Gasteiger partial charge in [0.25, 0.3) is 0 Å². The van der Waals surface area contributed by atoms with Crippen LogP contribution in [0.4, 0.5) is 0 Å². The lowest BCUT2D eigenvalue weighted by Crippen LogP contribution is -1.93. The number of hydrogen-bond acceptors (Lipinski definition) is 1. The quantitative estimate of drug-likeness (QED) is 0.746. The number of hydrogen-bond donors (Lipinski definition) is 0. The third-order valence-electron chi connectivity index (χ3n) is 3.16. The summed E-state index contributed by atoms with van der Waals surface area (Å²) in [7, 11) is 0. The van der Waals surface area contributed by atoms with Crippen molar-refractivity contribution in [1.29, 1.82) is 0 Å². The molecule has 17 heavy (non-hydrogen) atoms. The van der Waals surface area contributed by atoms with Crippen LogP contribution in [0.25, 0.3) is 10.9 Å². The first-order valence-corrected chi connectivity index (χ1v) is 6.24. The van der Waals surface area contributed by atoms with Crippen LogP contribution in [0.5, 0.6) is 0 Å². The molecule has 0 aliphatic carbocycles. The normalized spacial score (nSPS) is 11.4. The van der Waals surface area contributed by atoms with E-state index in [1.807, 2.05) is 17.6 Å². The number of halogens is 1. The first kappa shape index (κ1) is 12.2. The molecule has 0 amide bonds. The smallest absolute Gasteiger partial charge is 0.153 e. The number of carbonyl (C=O) groups excluding carboxylic acids is 1. The molecule has 0 unspecified atom stereocenters. The summed E-state index contributed by atoms with van der Waals surface area (Å²) in [6, 6.07) is 6.22. The van der Waals surface area contributed by atoms with Gasteiger partial charge in [-0.2, -0.15) is 0 Å². The number of aromatic nitrogens is 1. The molecule has 0 bridgehead atoms. The highest BCUT2D eigenvalue weighted by atomic mass is 35.5. The predicted octanol–water partition coefficient (Wildman–Crippen LogP) is 4.25. The molecule has 1 aromatic heterocycles. The lowest BCUT2D eigenvalue weighted by atomic mass is 10.0. The van der Waals surface area contributed by atoms with Gasteiger partial charge in [0.05, 0.1) is 5.56 Å². The Morgan fingerprint density at radius 3 is 2.65 bits per heavy atom. The number of carbonyl (C=O) groups is 1. The van der Waals surface area contributed by atoms with Gasteiger partial charge in [0.15, 0.2) is 6.29 Å². The van der Waals surface area contributed by atoms with Crippen LogP contribution in [0, 0.1) is 0 Å². The number of fused-ring (bicyclic) bond motifs is 1. The molecule has 2 rings (SSSR count). The molecule has 0 spiro atoms. The number of aldehydes is 1. The molecular weight excluding hydrogens is 234 g/mol. The van der Waals surface area contributed by atoms with Gasteiger partial charge < -0.3 is 4.57 Å². The van der Waals surface area contributed by atoms with Gasteiger partial charge in [0.2, 0.25) is 0 Å². The van der Waals surface area contributed by atoms with Crippen molar-refractivity contribution in [3.05, 3.63) is 34.5 Å². The molecule has 0 N–H and O–H groups in total. The maximum Gasteiger partial charge on any atom is 0.153 e. The average Bonchev–Trinajstić information content (AvgIpc) is 2.58. The van der Waals surface area contributed by atoms with Crippen molar-refractivity contribution in [2.75, 3.05) is 0 Å². The highest BCUT2D eigenvalue weighted by Gasteiger charge is 2.15. The molecule has 0 aliphatic heterocycles. The fourth-order valence-electron chi connectivity index (χ4n) is 2.15. The number of aryl methyl sites for hydroxylation is 1. The van der Waals surface area contributed by atoms with E-state index in [0.717, 1.165) is 23.7 Å². The van der Waals surface area contributed by atoms with Gasteiger partial charge in [0.1, 0.15) is 5.15 Å². The maximum absolute atomic E-state index is 11.2. The zero-order chi connectivity index (χ0) is 12.6. The molecule has 1 heterocycles. The number of rotatable bonds is 3. The van der Waals surface area contributed by atoms with Crippen LogP contribution in [-0.2, 0) is 6.54 Å². The molecule has 3 heteroatoms. The molecule has 0 saturated carbocycles. The maximum atomic E-state index is 11.2. The van der Waals surface area contributed by atoms with E-state index in [2.05, 4.69) is 26.0 Å². The Balaban J connectivity index is 2.80. The Hall–Kier alpha value is -1.28. The van der Waals surface area contributed by atoms with Gasteiger partial charge >= 0.3 is 0 Å². The second-order valence-electron chi connectivity index (χ2n) is 4.50. The van der Waals surface area contributed by atoms with Crippen molar-refractivity contribution < 1.29 is 4.79 Å². The fourth-order valence-corrected chi connectivity index (χ4v) is 2.50. The topological polar surface area (TPSA) is 22.0 Å². The largest absolute Gasteiger partial charge is 0.331 e. The van der Waals surface area contributed by atoms with Crippen molar-refractivity contribution in [1.82, 2.24) is 4.57 Å². The van der Waals surface area contributed by atoms with E-state index in [0.29, 0.717) is 16.6 Å². The molecular formula is C14H16ClNO. The van der Waals surface area contributed by atoms with Crippen LogP contribution in [0.15, 0.2) is 18.2 Å². The number of benzene rings is 1. The van der Waals surface area contributed by atoms with E-state index < -0.39 is 0 Å². The Kier molecular flexibility index (Phi) is 3.25. The van der Waals surface area contributed by atoms with E-state index in [9.17, 15) is 4.79 Å².